The molecule has 0 N–H and O–H groups in total. The van der Waals surface area contributed by atoms with Gasteiger partial charge >= 0.3 is 0 Å². The third-order valence-electron chi connectivity index (χ3n) is 6.48. The minimum atomic E-state index is -0.278. The Hall–Kier alpha value is -3.67. The zero-order chi connectivity index (χ0) is 24.2. The van der Waals surface area contributed by atoms with Crippen LogP contribution >= 0.6 is 0 Å². The van der Waals surface area contributed by atoms with Crippen molar-refractivity contribution in [2.45, 2.75) is 26.3 Å². The SMILES string of the molecule is COc1ccc(OC[C@H]2c3cc(OC)c(OC)cc3CCN2C(=O)c2ccc(C)c(C)c2)cc1. The van der Waals surface area contributed by atoms with Crippen molar-refractivity contribution in [3.05, 3.63) is 82.4 Å². The second kappa shape index (κ2) is 10.1. The highest BCUT2D eigenvalue weighted by Gasteiger charge is 2.33. The highest BCUT2D eigenvalue weighted by molar-refractivity contribution is 5.95. The fraction of sp³-hybridized carbons (Fsp3) is 0.321. The molecule has 0 radical (unpaired) electrons. The fourth-order valence-electron chi connectivity index (χ4n) is 4.34. The van der Waals surface area contributed by atoms with Gasteiger partial charge in [0.15, 0.2) is 11.5 Å². The van der Waals surface area contributed by atoms with Crippen molar-refractivity contribution < 1.29 is 23.7 Å². The van der Waals surface area contributed by atoms with Gasteiger partial charge in [-0.25, -0.2) is 0 Å². The highest BCUT2D eigenvalue weighted by atomic mass is 16.5. The van der Waals surface area contributed by atoms with E-state index in [1.54, 1.807) is 21.3 Å². The summed E-state index contributed by atoms with van der Waals surface area (Å²) in [6.45, 7) is 4.97. The van der Waals surface area contributed by atoms with E-state index in [4.69, 9.17) is 18.9 Å². The van der Waals surface area contributed by atoms with Crippen LogP contribution in [-0.4, -0.2) is 45.3 Å². The van der Waals surface area contributed by atoms with E-state index in [2.05, 4.69) is 0 Å². The van der Waals surface area contributed by atoms with Crippen molar-refractivity contribution >= 4 is 5.91 Å². The van der Waals surface area contributed by atoms with Crippen molar-refractivity contribution in [1.29, 1.82) is 0 Å². The van der Waals surface area contributed by atoms with Crippen LogP contribution in [0, 0.1) is 13.8 Å². The summed E-state index contributed by atoms with van der Waals surface area (Å²) in [5.41, 5.74) is 5.08. The molecule has 1 atom stereocenters. The Labute approximate surface area is 201 Å². The van der Waals surface area contributed by atoms with E-state index in [9.17, 15) is 4.79 Å². The molecule has 1 aliphatic rings. The number of nitrogens with zero attached hydrogens (tertiary/aromatic N) is 1. The number of hydrogen-bond donors (Lipinski definition) is 0. The second-order valence-electron chi connectivity index (χ2n) is 8.46. The van der Waals surface area contributed by atoms with Gasteiger partial charge in [-0.3, -0.25) is 4.79 Å². The molecule has 0 fully saturated rings. The molecule has 3 aromatic rings. The zero-order valence-corrected chi connectivity index (χ0v) is 20.4. The molecule has 0 unspecified atom stereocenters. The molecule has 0 spiro atoms. The number of fused-ring (bicyclic) bond motifs is 1. The lowest BCUT2D eigenvalue weighted by atomic mass is 9.91. The van der Waals surface area contributed by atoms with Crippen molar-refractivity contribution in [2.75, 3.05) is 34.5 Å². The fourth-order valence-corrected chi connectivity index (χ4v) is 4.34. The van der Waals surface area contributed by atoms with E-state index >= 15 is 0 Å². The first-order chi connectivity index (χ1) is 16.4. The first-order valence-corrected chi connectivity index (χ1v) is 11.3. The highest BCUT2D eigenvalue weighted by Crippen LogP contribution is 2.39. The van der Waals surface area contributed by atoms with Gasteiger partial charge in [-0.05, 0) is 91.1 Å². The van der Waals surface area contributed by atoms with E-state index in [1.807, 2.05) is 73.3 Å². The molecule has 0 saturated heterocycles. The second-order valence-corrected chi connectivity index (χ2v) is 8.46. The van der Waals surface area contributed by atoms with Crippen LogP contribution in [0.15, 0.2) is 54.6 Å². The molecule has 0 saturated carbocycles. The number of carbonyl (C=O) groups excluding carboxylic acids is 1. The van der Waals surface area contributed by atoms with Crippen molar-refractivity contribution in [2.24, 2.45) is 0 Å². The number of carbonyl (C=O) groups is 1. The number of amides is 1. The molecule has 3 aromatic carbocycles. The minimum Gasteiger partial charge on any atom is -0.497 e. The molecule has 178 valence electrons. The van der Waals surface area contributed by atoms with Crippen molar-refractivity contribution in [3.8, 4) is 23.0 Å². The lowest BCUT2D eigenvalue weighted by Crippen LogP contribution is -2.42. The number of rotatable bonds is 7. The van der Waals surface area contributed by atoms with Gasteiger partial charge < -0.3 is 23.8 Å². The summed E-state index contributed by atoms with van der Waals surface area (Å²) >= 11 is 0. The van der Waals surface area contributed by atoms with Crippen LogP contribution in [-0.2, 0) is 6.42 Å². The third-order valence-corrected chi connectivity index (χ3v) is 6.48. The summed E-state index contributed by atoms with van der Waals surface area (Å²) in [6.07, 6.45) is 0.727. The number of methoxy groups -OCH3 is 3. The number of hydrogen-bond acceptors (Lipinski definition) is 5. The normalized spacial score (nSPS) is 14.9. The first kappa shape index (κ1) is 23.5. The van der Waals surface area contributed by atoms with Gasteiger partial charge in [0.2, 0.25) is 0 Å². The topological polar surface area (TPSA) is 57.2 Å². The molecule has 1 heterocycles. The van der Waals surface area contributed by atoms with Gasteiger partial charge in [0, 0.05) is 12.1 Å². The smallest absolute Gasteiger partial charge is 0.254 e. The number of benzene rings is 3. The van der Waals surface area contributed by atoms with Gasteiger partial charge in [-0.1, -0.05) is 6.07 Å². The van der Waals surface area contributed by atoms with E-state index in [-0.39, 0.29) is 11.9 Å². The Morgan fingerprint density at radius 2 is 1.53 bits per heavy atom. The molecule has 4 rings (SSSR count). The molecule has 1 aliphatic heterocycles. The molecule has 6 nitrogen and oxygen atoms in total. The summed E-state index contributed by atoms with van der Waals surface area (Å²) < 4.78 is 22.5. The van der Waals surface area contributed by atoms with Gasteiger partial charge in [-0.2, -0.15) is 0 Å². The van der Waals surface area contributed by atoms with E-state index < -0.39 is 0 Å². The van der Waals surface area contributed by atoms with Gasteiger partial charge in [-0.15, -0.1) is 0 Å². The van der Waals surface area contributed by atoms with Crippen molar-refractivity contribution in [1.82, 2.24) is 4.90 Å². The Balaban J connectivity index is 1.69. The zero-order valence-electron chi connectivity index (χ0n) is 20.4. The summed E-state index contributed by atoms with van der Waals surface area (Å²) in [6, 6.07) is 17.0. The summed E-state index contributed by atoms with van der Waals surface area (Å²) in [7, 11) is 4.88. The van der Waals surface area contributed by atoms with E-state index in [0.29, 0.717) is 36.0 Å². The standard InChI is InChI=1S/C28H31NO5/c1-18-6-7-21(14-19(18)2)28(30)29-13-12-20-15-26(32-4)27(33-5)16-24(20)25(29)17-34-23-10-8-22(31-3)9-11-23/h6-11,14-16,25H,12-13,17H2,1-5H3/t25-/m0/s1. The molecule has 0 aliphatic carbocycles. The van der Waals surface area contributed by atoms with Gasteiger partial charge in [0.05, 0.1) is 27.4 Å². The van der Waals surface area contributed by atoms with Crippen LogP contribution < -0.4 is 18.9 Å². The molecular formula is C28H31NO5. The van der Waals surface area contributed by atoms with Gasteiger partial charge in [0.25, 0.3) is 5.91 Å². The summed E-state index contributed by atoms with van der Waals surface area (Å²) in [5.74, 6) is 2.79. The average molecular weight is 462 g/mol. The van der Waals surface area contributed by atoms with E-state index in [1.165, 1.54) is 0 Å². The van der Waals surface area contributed by atoms with Crippen LogP contribution in [0.25, 0.3) is 0 Å². The summed E-state index contributed by atoms with van der Waals surface area (Å²) in [4.78, 5) is 15.6. The number of aryl methyl sites for hydroxylation is 2. The Bertz CT molecular complexity index is 1170. The van der Waals surface area contributed by atoms with Crippen LogP contribution in [0.1, 0.15) is 38.7 Å². The maximum atomic E-state index is 13.7. The Morgan fingerprint density at radius 3 is 2.18 bits per heavy atom. The molecule has 0 aromatic heterocycles. The third kappa shape index (κ3) is 4.67. The number of ether oxygens (including phenoxy) is 4. The average Bonchev–Trinajstić information content (AvgIpc) is 2.87. The summed E-state index contributed by atoms with van der Waals surface area (Å²) in [5, 5.41) is 0. The van der Waals surface area contributed by atoms with E-state index in [0.717, 1.165) is 34.4 Å². The quantitative estimate of drug-likeness (QED) is 0.487. The lowest BCUT2D eigenvalue weighted by Gasteiger charge is -2.37. The molecular weight excluding hydrogens is 430 g/mol. The molecule has 1 amide bonds. The van der Waals surface area contributed by atoms with Crippen LogP contribution in [0.2, 0.25) is 0 Å². The maximum Gasteiger partial charge on any atom is 0.254 e. The first-order valence-electron chi connectivity index (χ1n) is 11.3. The van der Waals surface area contributed by atoms with Crippen LogP contribution in [0.4, 0.5) is 0 Å². The Kier molecular flexibility index (Phi) is 6.96. The predicted molar refractivity (Wildman–Crippen MR) is 131 cm³/mol. The minimum absolute atomic E-state index is 0.00753. The largest absolute Gasteiger partial charge is 0.497 e. The Morgan fingerprint density at radius 1 is 0.853 bits per heavy atom. The molecule has 0 bridgehead atoms. The van der Waals surface area contributed by atoms with Gasteiger partial charge in [0.1, 0.15) is 18.1 Å². The lowest BCUT2D eigenvalue weighted by molar-refractivity contribution is 0.0589. The maximum absolute atomic E-state index is 13.7. The van der Waals surface area contributed by atoms with Crippen molar-refractivity contribution in [3.63, 3.8) is 0 Å². The predicted octanol–water partition coefficient (Wildman–Crippen LogP) is 5.15. The molecule has 6 heteroatoms. The molecule has 34 heavy (non-hydrogen) atoms. The van der Waals surface area contributed by atoms with Crippen LogP contribution in [0.3, 0.4) is 0 Å². The monoisotopic (exact) mass is 461 g/mol. The van der Waals surface area contributed by atoms with Crippen LogP contribution in [0.5, 0.6) is 23.0 Å².